The number of aliphatic hydroxyl groups is 1. The van der Waals surface area contributed by atoms with E-state index in [1.54, 1.807) is 67.4 Å². The zero-order valence-corrected chi connectivity index (χ0v) is 23.6. The van der Waals surface area contributed by atoms with Crippen molar-refractivity contribution in [1.29, 1.82) is 0 Å². The van der Waals surface area contributed by atoms with Gasteiger partial charge in [0.25, 0.3) is 10.0 Å². The van der Waals surface area contributed by atoms with Crippen molar-refractivity contribution in [3.63, 3.8) is 0 Å². The van der Waals surface area contributed by atoms with Crippen LogP contribution < -0.4 is 9.46 Å². The van der Waals surface area contributed by atoms with E-state index in [1.807, 2.05) is 54.6 Å². The fraction of sp³-hybridized carbons (Fsp3) is 0.226. The van der Waals surface area contributed by atoms with Gasteiger partial charge in [-0.2, -0.15) is 0 Å². The summed E-state index contributed by atoms with van der Waals surface area (Å²) in [5, 5.41) is 9.46. The Balaban J connectivity index is 1.38. The molecule has 4 aromatic carbocycles. The lowest BCUT2D eigenvalue weighted by Gasteiger charge is -2.36. The molecule has 1 aliphatic heterocycles. The summed E-state index contributed by atoms with van der Waals surface area (Å²) in [6.45, 7) is -0.0264. The topological polar surface area (TPSA) is 94.1 Å². The molecule has 2 N–H and O–H groups in total. The molecule has 0 radical (unpaired) electrons. The van der Waals surface area contributed by atoms with Crippen molar-refractivity contribution in [3.8, 4) is 5.75 Å². The number of rotatable bonds is 10. The maximum atomic E-state index is 12.9. The van der Waals surface area contributed by atoms with E-state index in [9.17, 15) is 13.5 Å². The molecule has 1 saturated heterocycles. The molecule has 0 spiro atoms. The minimum absolute atomic E-state index is 0.0264. The molecule has 0 saturated carbocycles. The summed E-state index contributed by atoms with van der Waals surface area (Å²) < 4.78 is 46.8. The Morgan fingerprint density at radius 3 is 2.40 bits per heavy atom. The smallest absolute Gasteiger partial charge is 0.261 e. The van der Waals surface area contributed by atoms with Crippen LogP contribution in [0.1, 0.15) is 35.5 Å². The summed E-state index contributed by atoms with van der Waals surface area (Å²) in [5.74, 6) is 1.48. The lowest BCUT2D eigenvalue weighted by atomic mass is 10.0. The molecule has 0 bridgehead atoms. The van der Waals surface area contributed by atoms with Crippen LogP contribution in [0.5, 0.6) is 5.75 Å². The summed E-state index contributed by atoms with van der Waals surface area (Å²) in [4.78, 5) is 1.21. The number of methoxy groups -OCH3 is 1. The minimum Gasteiger partial charge on any atom is -0.496 e. The van der Waals surface area contributed by atoms with Gasteiger partial charge in [0.2, 0.25) is 0 Å². The third-order valence-corrected chi connectivity index (χ3v) is 9.16. The molecule has 3 atom stereocenters. The van der Waals surface area contributed by atoms with Crippen molar-refractivity contribution < 1.29 is 27.7 Å². The van der Waals surface area contributed by atoms with Crippen molar-refractivity contribution in [3.05, 3.63) is 120 Å². The Hall–Kier alpha value is -3.34. The van der Waals surface area contributed by atoms with Gasteiger partial charge < -0.3 is 19.3 Å². The minimum atomic E-state index is -3.75. The van der Waals surface area contributed by atoms with Gasteiger partial charge in [0, 0.05) is 28.3 Å². The second-order valence-electron chi connectivity index (χ2n) is 9.36. The average molecular weight is 578 g/mol. The Bertz CT molecular complexity index is 1510. The first-order chi connectivity index (χ1) is 19.4. The third-order valence-electron chi connectivity index (χ3n) is 6.57. The van der Waals surface area contributed by atoms with Gasteiger partial charge in [-0.1, -0.05) is 66.7 Å². The standard InChI is InChI=1S/C31H31NO6S2/c1-36-28-12-5-6-13-30(28)39-21-26-19-29(23-16-14-22(20-33)15-17-23)38-31(37-26)24-8-7-9-25(18-24)32-40(34,35)27-10-3-2-4-11-27/h2-18,26,29,31-33H,19-21H2,1H3/t26-,29+,31+/m1/s1. The van der Waals surface area contributed by atoms with Crippen LogP contribution in [0.4, 0.5) is 5.69 Å². The van der Waals surface area contributed by atoms with Gasteiger partial charge in [-0.15, -0.1) is 11.8 Å². The summed E-state index contributed by atoms with van der Waals surface area (Å²) in [6, 6.07) is 30.9. The Labute approximate surface area is 239 Å². The molecule has 0 aliphatic carbocycles. The molecule has 1 fully saturated rings. The van der Waals surface area contributed by atoms with Crippen LogP contribution in [0.15, 0.2) is 113 Å². The number of sulfonamides is 1. The van der Waals surface area contributed by atoms with Gasteiger partial charge in [0.15, 0.2) is 6.29 Å². The fourth-order valence-electron chi connectivity index (χ4n) is 4.51. The SMILES string of the molecule is COc1ccccc1SC[C@H]1C[C@@H](c2ccc(CO)cc2)O[C@@H](c2cccc(NS(=O)(=O)c3ccccc3)c2)O1. The van der Waals surface area contributed by atoms with Crippen LogP contribution in [0.3, 0.4) is 0 Å². The number of ether oxygens (including phenoxy) is 3. The summed E-state index contributed by atoms with van der Waals surface area (Å²) in [5.41, 5.74) is 2.94. The van der Waals surface area contributed by atoms with E-state index in [1.165, 1.54) is 0 Å². The van der Waals surface area contributed by atoms with Crippen molar-refractivity contribution in [2.75, 3.05) is 17.6 Å². The molecular formula is C31H31NO6S2. The van der Waals surface area contributed by atoms with Crippen LogP contribution in [-0.2, 0) is 26.1 Å². The van der Waals surface area contributed by atoms with E-state index < -0.39 is 16.3 Å². The van der Waals surface area contributed by atoms with Crippen LogP contribution >= 0.6 is 11.8 Å². The highest BCUT2D eigenvalue weighted by atomic mass is 32.2. The first-order valence-electron chi connectivity index (χ1n) is 12.9. The molecule has 1 heterocycles. The van der Waals surface area contributed by atoms with Gasteiger partial charge in [0.05, 0.1) is 30.8 Å². The monoisotopic (exact) mass is 577 g/mol. The van der Waals surface area contributed by atoms with Gasteiger partial charge in [-0.05, 0) is 47.5 Å². The van der Waals surface area contributed by atoms with Crippen LogP contribution in [0, 0.1) is 0 Å². The van der Waals surface area contributed by atoms with Crippen LogP contribution in [0.2, 0.25) is 0 Å². The molecule has 0 unspecified atom stereocenters. The number of hydrogen-bond donors (Lipinski definition) is 2. The van der Waals surface area contributed by atoms with Crippen LogP contribution in [0.25, 0.3) is 0 Å². The molecule has 9 heteroatoms. The number of hydrogen-bond acceptors (Lipinski definition) is 7. The molecule has 5 rings (SSSR count). The average Bonchev–Trinajstić information content (AvgIpc) is 3.00. The molecule has 208 valence electrons. The van der Waals surface area contributed by atoms with Gasteiger partial charge in [-0.3, -0.25) is 4.72 Å². The Kier molecular flexibility index (Phi) is 9.08. The normalized spacial score (nSPS) is 19.2. The van der Waals surface area contributed by atoms with Crippen molar-refractivity contribution in [2.45, 2.75) is 41.3 Å². The van der Waals surface area contributed by atoms with E-state index in [4.69, 9.17) is 14.2 Å². The predicted octanol–water partition coefficient (Wildman–Crippen LogP) is 6.33. The Morgan fingerprint density at radius 2 is 1.65 bits per heavy atom. The quantitative estimate of drug-likeness (QED) is 0.213. The molecule has 4 aromatic rings. The lowest BCUT2D eigenvalue weighted by Crippen LogP contribution is -2.31. The van der Waals surface area contributed by atoms with Gasteiger partial charge in [0.1, 0.15) is 5.75 Å². The van der Waals surface area contributed by atoms with E-state index in [0.29, 0.717) is 23.4 Å². The number of aliphatic hydroxyl groups excluding tert-OH is 1. The van der Waals surface area contributed by atoms with Crippen LogP contribution in [-0.4, -0.2) is 32.5 Å². The number of para-hydroxylation sites is 1. The molecule has 0 aromatic heterocycles. The van der Waals surface area contributed by atoms with E-state index in [0.717, 1.165) is 21.8 Å². The van der Waals surface area contributed by atoms with E-state index >= 15 is 0 Å². The fourth-order valence-corrected chi connectivity index (χ4v) is 6.63. The summed E-state index contributed by atoms with van der Waals surface area (Å²) in [7, 11) is -2.09. The molecule has 1 aliphatic rings. The predicted molar refractivity (Wildman–Crippen MR) is 156 cm³/mol. The maximum Gasteiger partial charge on any atom is 0.261 e. The first kappa shape index (κ1) is 28.2. The van der Waals surface area contributed by atoms with Gasteiger partial charge >= 0.3 is 0 Å². The highest BCUT2D eigenvalue weighted by Gasteiger charge is 2.32. The second kappa shape index (κ2) is 12.9. The Morgan fingerprint density at radius 1 is 0.900 bits per heavy atom. The molecule has 40 heavy (non-hydrogen) atoms. The highest BCUT2D eigenvalue weighted by molar-refractivity contribution is 7.99. The first-order valence-corrected chi connectivity index (χ1v) is 15.4. The number of anilines is 1. The second-order valence-corrected chi connectivity index (χ2v) is 12.1. The highest BCUT2D eigenvalue weighted by Crippen LogP contribution is 2.41. The van der Waals surface area contributed by atoms with E-state index in [2.05, 4.69) is 4.72 Å². The number of nitrogens with one attached hydrogen (secondary N) is 1. The van der Waals surface area contributed by atoms with Crippen molar-refractivity contribution >= 4 is 27.5 Å². The molecule has 7 nitrogen and oxygen atoms in total. The zero-order chi connectivity index (χ0) is 28.0. The third kappa shape index (κ3) is 6.86. The molecular weight excluding hydrogens is 546 g/mol. The number of benzene rings is 4. The lowest BCUT2D eigenvalue weighted by molar-refractivity contribution is -0.245. The van der Waals surface area contributed by atoms with Crippen molar-refractivity contribution in [2.24, 2.45) is 0 Å². The van der Waals surface area contributed by atoms with Crippen molar-refractivity contribution in [1.82, 2.24) is 0 Å². The zero-order valence-electron chi connectivity index (χ0n) is 22.0. The molecule has 0 amide bonds. The van der Waals surface area contributed by atoms with E-state index in [-0.39, 0.29) is 23.7 Å². The van der Waals surface area contributed by atoms with Gasteiger partial charge in [-0.25, -0.2) is 8.42 Å². The maximum absolute atomic E-state index is 12.9. The summed E-state index contributed by atoms with van der Waals surface area (Å²) in [6.07, 6.45) is -0.474. The summed E-state index contributed by atoms with van der Waals surface area (Å²) >= 11 is 1.66. The number of thioether (sulfide) groups is 1. The largest absolute Gasteiger partial charge is 0.496 e.